The maximum Gasteiger partial charge on any atom is 0.469 e. The third-order valence-electron chi connectivity index (χ3n) is 1.90. The Hall–Kier alpha value is -0.950. The second-order valence-corrected chi connectivity index (χ2v) is 4.92. The first-order chi connectivity index (χ1) is 8.78. The molecule has 0 aliphatic rings. The van der Waals surface area contributed by atoms with Crippen LogP contribution in [0.4, 0.5) is 0 Å². The van der Waals surface area contributed by atoms with Crippen molar-refractivity contribution in [2.75, 3.05) is 13.2 Å². The molecule has 0 saturated carbocycles. The van der Waals surface area contributed by atoms with Crippen LogP contribution >= 0.6 is 7.82 Å². The summed E-state index contributed by atoms with van der Waals surface area (Å²) < 4.78 is 24.4. The van der Waals surface area contributed by atoms with Gasteiger partial charge in [0, 0.05) is 12.8 Å². The third-order valence-corrected chi connectivity index (χ3v) is 2.39. The summed E-state index contributed by atoms with van der Waals surface area (Å²) in [6, 6.07) is 0. The molecule has 0 saturated heterocycles. The van der Waals surface area contributed by atoms with Gasteiger partial charge < -0.3 is 19.3 Å². The Morgan fingerprint density at radius 2 is 1.79 bits per heavy atom. The zero-order valence-electron chi connectivity index (χ0n) is 10.9. The van der Waals surface area contributed by atoms with Crippen LogP contribution in [0.5, 0.6) is 0 Å². The molecule has 0 aliphatic heterocycles. The summed E-state index contributed by atoms with van der Waals surface area (Å²) in [5.41, 5.74) is 0. The van der Waals surface area contributed by atoms with Gasteiger partial charge >= 0.3 is 19.8 Å². The molecule has 0 rings (SSSR count). The Morgan fingerprint density at radius 3 is 2.26 bits per heavy atom. The van der Waals surface area contributed by atoms with Crippen molar-refractivity contribution in [1.29, 1.82) is 0 Å². The van der Waals surface area contributed by atoms with Gasteiger partial charge in [0.2, 0.25) is 0 Å². The van der Waals surface area contributed by atoms with Crippen molar-refractivity contribution in [1.82, 2.24) is 0 Å². The lowest BCUT2D eigenvalue weighted by Gasteiger charge is -2.17. The fraction of sp³-hybridized carbons (Fsp3) is 0.800. The maximum absolute atomic E-state index is 11.1. The van der Waals surface area contributed by atoms with Gasteiger partial charge in [0.25, 0.3) is 0 Å². The number of esters is 2. The number of carbonyl (C=O) groups excluding carboxylic acids is 2. The highest BCUT2D eigenvalue weighted by Crippen LogP contribution is 2.35. The topological polar surface area (TPSA) is 119 Å². The molecule has 0 radical (unpaired) electrons. The molecule has 112 valence electrons. The number of rotatable bonds is 9. The van der Waals surface area contributed by atoms with E-state index in [-0.39, 0.29) is 19.4 Å². The van der Waals surface area contributed by atoms with Crippen LogP contribution < -0.4 is 0 Å². The Labute approximate surface area is 111 Å². The summed E-state index contributed by atoms with van der Waals surface area (Å²) in [6.07, 6.45) is -0.124. The second kappa shape index (κ2) is 9.03. The van der Waals surface area contributed by atoms with Crippen molar-refractivity contribution in [3.8, 4) is 0 Å². The molecule has 2 N–H and O–H groups in total. The normalized spacial score (nSPS) is 12.8. The van der Waals surface area contributed by atoms with E-state index < -0.39 is 32.5 Å². The number of phosphoric acid groups is 1. The van der Waals surface area contributed by atoms with E-state index in [2.05, 4.69) is 4.52 Å². The van der Waals surface area contributed by atoms with Crippen molar-refractivity contribution in [3.63, 3.8) is 0 Å². The first kappa shape index (κ1) is 18.0. The molecule has 9 heteroatoms. The van der Waals surface area contributed by atoms with Gasteiger partial charge in [-0.25, -0.2) is 4.57 Å². The van der Waals surface area contributed by atoms with Crippen LogP contribution in [0.1, 0.15) is 33.1 Å². The summed E-state index contributed by atoms with van der Waals surface area (Å²) in [5, 5.41) is 0. The average molecular weight is 298 g/mol. The maximum atomic E-state index is 11.1. The first-order valence-electron chi connectivity index (χ1n) is 5.83. The van der Waals surface area contributed by atoms with Gasteiger partial charge in [0.1, 0.15) is 6.61 Å². The van der Waals surface area contributed by atoms with E-state index in [1.807, 2.05) is 0 Å². The molecule has 0 heterocycles. The molecule has 19 heavy (non-hydrogen) atoms. The van der Waals surface area contributed by atoms with Gasteiger partial charge in [-0.05, 0) is 6.42 Å². The van der Waals surface area contributed by atoms with E-state index in [0.717, 1.165) is 0 Å². The van der Waals surface area contributed by atoms with E-state index in [0.29, 0.717) is 6.42 Å². The van der Waals surface area contributed by atoms with E-state index in [9.17, 15) is 14.2 Å². The number of hydrogen-bond donors (Lipinski definition) is 2. The summed E-state index contributed by atoms with van der Waals surface area (Å²) in [6.45, 7) is 2.51. The molecule has 1 atom stereocenters. The minimum absolute atomic E-state index is 0.0926. The Kier molecular flexibility index (Phi) is 8.58. The van der Waals surface area contributed by atoms with Crippen molar-refractivity contribution in [3.05, 3.63) is 0 Å². The standard InChI is InChI=1S/C10H19O8P/c1-3-5-10(12)16-6-8(18-9(11)4-2)7-17-19(13,14)15/h8H,3-7H2,1-2H3,(H2,13,14,15)/t8-/m1/s1. The van der Waals surface area contributed by atoms with Gasteiger partial charge in [-0.1, -0.05) is 13.8 Å². The molecule has 8 nitrogen and oxygen atoms in total. The van der Waals surface area contributed by atoms with Gasteiger partial charge in [-0.2, -0.15) is 0 Å². The first-order valence-corrected chi connectivity index (χ1v) is 7.36. The summed E-state index contributed by atoms with van der Waals surface area (Å²) >= 11 is 0. The van der Waals surface area contributed by atoms with Crippen molar-refractivity contribution in [2.24, 2.45) is 0 Å². The average Bonchev–Trinajstić information content (AvgIpc) is 2.31. The quantitative estimate of drug-likeness (QED) is 0.473. The minimum Gasteiger partial charge on any atom is -0.462 e. The lowest BCUT2D eigenvalue weighted by atomic mass is 10.3. The van der Waals surface area contributed by atoms with E-state index in [1.165, 1.54) is 0 Å². The van der Waals surface area contributed by atoms with Crippen LogP contribution in [0.15, 0.2) is 0 Å². The molecule has 0 bridgehead atoms. The molecule has 0 aromatic rings. The molecular formula is C10H19O8P. The highest BCUT2D eigenvalue weighted by atomic mass is 31.2. The van der Waals surface area contributed by atoms with E-state index >= 15 is 0 Å². The molecule has 0 amide bonds. The zero-order valence-corrected chi connectivity index (χ0v) is 11.8. The van der Waals surface area contributed by atoms with Gasteiger partial charge in [-0.3, -0.25) is 14.1 Å². The van der Waals surface area contributed by atoms with Crippen LogP contribution in [-0.4, -0.2) is 41.0 Å². The predicted molar refractivity (Wildman–Crippen MR) is 64.0 cm³/mol. The fourth-order valence-corrected chi connectivity index (χ4v) is 1.39. The largest absolute Gasteiger partial charge is 0.469 e. The SMILES string of the molecule is CCCC(=O)OC[C@H](COP(=O)(O)O)OC(=O)CC. The van der Waals surface area contributed by atoms with Gasteiger partial charge in [-0.15, -0.1) is 0 Å². The highest BCUT2D eigenvalue weighted by molar-refractivity contribution is 7.46. The van der Waals surface area contributed by atoms with Crippen LogP contribution in [0.2, 0.25) is 0 Å². The predicted octanol–water partition coefficient (Wildman–Crippen LogP) is 0.761. The van der Waals surface area contributed by atoms with E-state index in [1.54, 1.807) is 13.8 Å². The molecule has 0 aromatic heterocycles. The van der Waals surface area contributed by atoms with Gasteiger partial charge in [0.05, 0.1) is 6.61 Å². The summed E-state index contributed by atoms with van der Waals surface area (Å²) in [5.74, 6) is -1.05. The highest BCUT2D eigenvalue weighted by Gasteiger charge is 2.22. The number of hydrogen-bond acceptors (Lipinski definition) is 6. The second-order valence-electron chi connectivity index (χ2n) is 3.68. The van der Waals surface area contributed by atoms with Crippen LogP contribution in [0.25, 0.3) is 0 Å². The number of ether oxygens (including phenoxy) is 2. The van der Waals surface area contributed by atoms with Crippen molar-refractivity contribution >= 4 is 19.8 Å². The molecule has 0 spiro atoms. The summed E-state index contributed by atoms with van der Waals surface area (Å²) in [7, 11) is -4.66. The Balaban J connectivity index is 4.29. The third kappa shape index (κ3) is 10.6. The van der Waals surface area contributed by atoms with Crippen LogP contribution in [0, 0.1) is 0 Å². The smallest absolute Gasteiger partial charge is 0.462 e. The number of phosphoric ester groups is 1. The molecule has 0 unspecified atom stereocenters. The van der Waals surface area contributed by atoms with Crippen molar-refractivity contribution < 1.29 is 37.9 Å². The fourth-order valence-electron chi connectivity index (χ4n) is 1.03. The van der Waals surface area contributed by atoms with Crippen molar-refractivity contribution in [2.45, 2.75) is 39.2 Å². The van der Waals surface area contributed by atoms with Crippen LogP contribution in [-0.2, 0) is 28.2 Å². The Bertz CT molecular complexity index is 336. The summed E-state index contributed by atoms with van der Waals surface area (Å²) in [4.78, 5) is 39.4. The monoisotopic (exact) mass is 298 g/mol. The molecule has 0 fully saturated rings. The number of carbonyl (C=O) groups is 2. The lowest BCUT2D eigenvalue weighted by molar-refractivity contribution is -0.160. The molecule has 0 aliphatic carbocycles. The minimum atomic E-state index is -4.66. The van der Waals surface area contributed by atoms with E-state index in [4.69, 9.17) is 19.3 Å². The Morgan fingerprint density at radius 1 is 1.16 bits per heavy atom. The van der Waals surface area contributed by atoms with Crippen LogP contribution in [0.3, 0.4) is 0 Å². The van der Waals surface area contributed by atoms with Gasteiger partial charge in [0.15, 0.2) is 6.10 Å². The zero-order chi connectivity index (χ0) is 14.9. The molecule has 0 aromatic carbocycles. The molecular weight excluding hydrogens is 279 g/mol. The lowest BCUT2D eigenvalue weighted by Crippen LogP contribution is -2.29.